The van der Waals surface area contributed by atoms with Gasteiger partial charge in [0.2, 0.25) is 0 Å². The number of rotatable bonds is 10. The monoisotopic (exact) mass is 346 g/mol. The molecule has 1 aromatic rings. The van der Waals surface area contributed by atoms with Gasteiger partial charge in [-0.05, 0) is 53.6 Å². The van der Waals surface area contributed by atoms with Gasteiger partial charge in [-0.1, -0.05) is 39.0 Å². The van der Waals surface area contributed by atoms with Crippen LogP contribution in [0.4, 0.5) is 0 Å². The summed E-state index contributed by atoms with van der Waals surface area (Å²) in [5.74, 6) is 0.906. The summed E-state index contributed by atoms with van der Waals surface area (Å²) in [6.07, 6.45) is 7.33. The second-order valence-corrected chi connectivity index (χ2v) is 6.70. The summed E-state index contributed by atoms with van der Waals surface area (Å²) in [6.45, 7) is 2.20. The molecule has 0 saturated carbocycles. The van der Waals surface area contributed by atoms with Gasteiger partial charge >= 0.3 is 0 Å². The van der Waals surface area contributed by atoms with Crippen LogP contribution in [0.2, 0.25) is 0 Å². The minimum absolute atomic E-state index is 0.392. The van der Waals surface area contributed by atoms with Crippen LogP contribution < -0.4 is 0 Å². The average Bonchev–Trinajstić information content (AvgIpc) is 2.45. The maximum absolute atomic E-state index is 11.4. The lowest BCUT2D eigenvalue weighted by Crippen LogP contribution is -1.97. The van der Waals surface area contributed by atoms with E-state index in [4.69, 9.17) is 23.2 Å². The van der Waals surface area contributed by atoms with Crippen molar-refractivity contribution >= 4 is 45.4 Å². The third-order valence-corrected chi connectivity index (χ3v) is 4.74. The van der Waals surface area contributed by atoms with Crippen molar-refractivity contribution in [3.05, 3.63) is 29.3 Å². The molecule has 0 saturated heterocycles. The van der Waals surface area contributed by atoms with Crippen LogP contribution in [-0.4, -0.2) is 16.2 Å². The van der Waals surface area contributed by atoms with Crippen molar-refractivity contribution < 1.29 is 9.59 Å². The Morgan fingerprint density at radius 2 is 1.67 bits per heavy atom. The normalized spacial score (nSPS) is 10.6. The van der Waals surface area contributed by atoms with E-state index in [9.17, 15) is 9.59 Å². The van der Waals surface area contributed by atoms with E-state index in [0.29, 0.717) is 11.1 Å². The fourth-order valence-corrected chi connectivity index (χ4v) is 3.42. The Bertz CT molecular complexity index is 489. The Morgan fingerprint density at radius 1 is 1.00 bits per heavy atom. The fraction of sp³-hybridized carbons (Fsp3) is 0.500. The number of halogens is 2. The number of carbonyl (C=O) groups excluding carboxylic acids is 2. The van der Waals surface area contributed by atoms with Gasteiger partial charge in [-0.25, -0.2) is 0 Å². The second kappa shape index (κ2) is 10.3. The van der Waals surface area contributed by atoms with Gasteiger partial charge < -0.3 is 0 Å². The van der Waals surface area contributed by atoms with E-state index < -0.39 is 10.5 Å². The number of unbranched alkanes of at least 4 members (excludes halogenated alkanes) is 5. The quantitative estimate of drug-likeness (QED) is 0.300. The molecule has 0 unspecified atom stereocenters. The van der Waals surface area contributed by atoms with Gasteiger partial charge in [-0.2, -0.15) is 0 Å². The minimum atomic E-state index is -0.523. The Morgan fingerprint density at radius 3 is 2.29 bits per heavy atom. The zero-order valence-electron chi connectivity index (χ0n) is 12.2. The van der Waals surface area contributed by atoms with Crippen LogP contribution in [-0.2, 0) is 0 Å². The summed E-state index contributed by atoms with van der Waals surface area (Å²) in [4.78, 5) is 23.3. The van der Waals surface area contributed by atoms with Crippen LogP contribution >= 0.6 is 35.0 Å². The van der Waals surface area contributed by atoms with E-state index in [1.165, 1.54) is 38.2 Å². The first-order chi connectivity index (χ1) is 10.1. The predicted molar refractivity (Wildman–Crippen MR) is 90.9 cm³/mol. The molecule has 2 nitrogen and oxygen atoms in total. The van der Waals surface area contributed by atoms with Crippen molar-refractivity contribution in [2.24, 2.45) is 0 Å². The summed E-state index contributed by atoms with van der Waals surface area (Å²) < 4.78 is 0. The van der Waals surface area contributed by atoms with Crippen LogP contribution in [0.1, 0.15) is 66.2 Å². The molecule has 0 N–H and O–H groups in total. The molecule has 0 atom stereocenters. The zero-order valence-corrected chi connectivity index (χ0v) is 14.5. The van der Waals surface area contributed by atoms with Crippen molar-refractivity contribution in [2.45, 2.75) is 50.3 Å². The summed E-state index contributed by atoms with van der Waals surface area (Å²) in [5, 5.41) is -1.03. The van der Waals surface area contributed by atoms with Crippen LogP contribution in [0.25, 0.3) is 0 Å². The van der Waals surface area contributed by atoms with Gasteiger partial charge in [0.15, 0.2) is 0 Å². The first-order valence-electron chi connectivity index (χ1n) is 7.22. The highest BCUT2D eigenvalue weighted by Gasteiger charge is 2.12. The molecule has 1 rings (SSSR count). The standard InChI is InChI=1S/C16H20Cl2O2S/c1-2-3-4-5-6-7-10-21-14-11-12(15(17)19)8-9-13(14)16(18)20/h8-9,11H,2-7,10H2,1H3. The van der Waals surface area contributed by atoms with Crippen molar-refractivity contribution in [1.29, 1.82) is 0 Å². The molecule has 0 fully saturated rings. The molecule has 0 aliphatic rings. The average molecular weight is 347 g/mol. The molecule has 0 aliphatic carbocycles. The zero-order chi connectivity index (χ0) is 15.7. The number of benzene rings is 1. The first kappa shape index (κ1) is 18.5. The predicted octanol–water partition coefficient (Wildman–Crippen LogP) is 5.90. The molecule has 0 heterocycles. The third-order valence-electron chi connectivity index (χ3n) is 3.18. The molecule has 0 bridgehead atoms. The number of hydrogen-bond donors (Lipinski definition) is 0. The molecule has 21 heavy (non-hydrogen) atoms. The Kier molecular flexibility index (Phi) is 9.05. The summed E-state index contributed by atoms with van der Waals surface area (Å²) in [7, 11) is 0. The third kappa shape index (κ3) is 6.86. The minimum Gasteiger partial charge on any atom is -0.276 e. The van der Waals surface area contributed by atoms with E-state index in [2.05, 4.69) is 6.92 Å². The SMILES string of the molecule is CCCCCCCCSc1cc(C(=O)Cl)ccc1C(=O)Cl. The first-order valence-corrected chi connectivity index (χ1v) is 8.97. The summed E-state index contributed by atoms with van der Waals surface area (Å²) in [5.41, 5.74) is 0.832. The van der Waals surface area contributed by atoms with E-state index in [1.807, 2.05) is 0 Å². The van der Waals surface area contributed by atoms with Gasteiger partial charge in [0.05, 0.1) is 0 Å². The Balaban J connectivity index is 2.53. The van der Waals surface area contributed by atoms with Gasteiger partial charge in [-0.15, -0.1) is 11.8 Å². The Hall–Kier alpha value is -0.510. The summed E-state index contributed by atoms with van der Waals surface area (Å²) >= 11 is 12.6. The smallest absolute Gasteiger partial charge is 0.253 e. The summed E-state index contributed by atoms with van der Waals surface area (Å²) in [6, 6.07) is 4.74. The number of thioether (sulfide) groups is 1. The lowest BCUT2D eigenvalue weighted by Gasteiger charge is -2.07. The maximum atomic E-state index is 11.4. The molecule has 0 spiro atoms. The van der Waals surface area contributed by atoms with Crippen molar-refractivity contribution in [2.75, 3.05) is 5.75 Å². The van der Waals surface area contributed by atoms with Gasteiger partial charge in [-0.3, -0.25) is 9.59 Å². The molecule has 116 valence electrons. The van der Waals surface area contributed by atoms with Crippen LogP contribution in [0.3, 0.4) is 0 Å². The van der Waals surface area contributed by atoms with Crippen LogP contribution in [0.15, 0.2) is 23.1 Å². The maximum Gasteiger partial charge on any atom is 0.253 e. The molecule has 0 amide bonds. The van der Waals surface area contributed by atoms with E-state index in [1.54, 1.807) is 23.9 Å². The molecule has 0 aromatic heterocycles. The van der Waals surface area contributed by atoms with Gasteiger partial charge in [0.1, 0.15) is 0 Å². The van der Waals surface area contributed by atoms with Gasteiger partial charge in [0.25, 0.3) is 10.5 Å². The topological polar surface area (TPSA) is 34.1 Å². The highest BCUT2D eigenvalue weighted by Crippen LogP contribution is 2.27. The lowest BCUT2D eigenvalue weighted by molar-refractivity contribution is 0.106. The van der Waals surface area contributed by atoms with Gasteiger partial charge in [0, 0.05) is 16.0 Å². The second-order valence-electron chi connectivity index (χ2n) is 4.87. The molecule has 5 heteroatoms. The Labute approximate surface area is 140 Å². The highest BCUT2D eigenvalue weighted by molar-refractivity contribution is 7.99. The van der Waals surface area contributed by atoms with E-state index in [-0.39, 0.29) is 0 Å². The number of hydrogen-bond acceptors (Lipinski definition) is 3. The lowest BCUT2D eigenvalue weighted by atomic mass is 10.1. The van der Waals surface area contributed by atoms with E-state index in [0.717, 1.165) is 17.1 Å². The van der Waals surface area contributed by atoms with E-state index >= 15 is 0 Å². The van der Waals surface area contributed by atoms with Crippen LogP contribution in [0.5, 0.6) is 0 Å². The largest absolute Gasteiger partial charge is 0.276 e. The molecule has 0 aliphatic heterocycles. The van der Waals surface area contributed by atoms with Crippen LogP contribution in [0, 0.1) is 0 Å². The molecule has 0 radical (unpaired) electrons. The molecular weight excluding hydrogens is 327 g/mol. The van der Waals surface area contributed by atoms with Crippen molar-refractivity contribution in [3.63, 3.8) is 0 Å². The fourth-order valence-electron chi connectivity index (χ4n) is 1.99. The number of carbonyl (C=O) groups is 2. The molecule has 1 aromatic carbocycles. The van der Waals surface area contributed by atoms with Crippen molar-refractivity contribution in [1.82, 2.24) is 0 Å². The van der Waals surface area contributed by atoms with Crippen molar-refractivity contribution in [3.8, 4) is 0 Å². The highest BCUT2D eigenvalue weighted by atomic mass is 35.5. The molecular formula is C16H20Cl2O2S.